The summed E-state index contributed by atoms with van der Waals surface area (Å²) >= 11 is 13.1. The van der Waals surface area contributed by atoms with E-state index in [1.807, 2.05) is 37.3 Å². The van der Waals surface area contributed by atoms with Gasteiger partial charge in [0.1, 0.15) is 0 Å². The molecular formula is C18H20Br2ClNO2. The monoisotopic (exact) mass is 475 g/mol. The molecule has 0 radical (unpaired) electrons. The van der Waals surface area contributed by atoms with Crippen molar-refractivity contribution in [1.82, 2.24) is 0 Å². The van der Waals surface area contributed by atoms with E-state index in [4.69, 9.17) is 21.1 Å². The van der Waals surface area contributed by atoms with Crippen molar-refractivity contribution in [3.8, 4) is 11.5 Å². The highest BCUT2D eigenvalue weighted by atomic mass is 79.9. The molecule has 1 N–H and O–H groups in total. The van der Waals surface area contributed by atoms with Gasteiger partial charge in [-0.2, -0.15) is 0 Å². The Morgan fingerprint density at radius 3 is 2.42 bits per heavy atom. The second-order valence-corrected chi connectivity index (χ2v) is 7.27. The molecular weight excluding hydrogens is 457 g/mol. The van der Waals surface area contributed by atoms with Crippen LogP contribution in [0.4, 0.5) is 5.69 Å². The molecule has 2 rings (SSSR count). The van der Waals surface area contributed by atoms with Gasteiger partial charge < -0.3 is 14.8 Å². The van der Waals surface area contributed by atoms with Crippen molar-refractivity contribution in [3.63, 3.8) is 0 Å². The van der Waals surface area contributed by atoms with Gasteiger partial charge in [-0.15, -0.1) is 0 Å². The van der Waals surface area contributed by atoms with E-state index in [9.17, 15) is 0 Å². The van der Waals surface area contributed by atoms with E-state index >= 15 is 0 Å². The molecule has 24 heavy (non-hydrogen) atoms. The van der Waals surface area contributed by atoms with Gasteiger partial charge in [-0.3, -0.25) is 0 Å². The highest BCUT2D eigenvalue weighted by Gasteiger charge is 2.11. The Kier molecular flexibility index (Phi) is 7.72. The molecule has 0 amide bonds. The summed E-state index contributed by atoms with van der Waals surface area (Å²) in [6, 6.07) is 9.76. The van der Waals surface area contributed by atoms with Crippen LogP contribution in [-0.4, -0.2) is 13.2 Å². The molecule has 0 aliphatic heterocycles. The first-order valence-electron chi connectivity index (χ1n) is 7.82. The standard InChI is InChI=1S/C18H20Br2ClNO2/c1-3-7-24-18-10-15(20)12(8-17(18)23-4-2)11-22-13-5-6-14(19)16(21)9-13/h5-6,8-10,22H,3-4,7,11H2,1-2H3. The highest BCUT2D eigenvalue weighted by molar-refractivity contribution is 9.10. The summed E-state index contributed by atoms with van der Waals surface area (Å²) in [7, 11) is 0. The van der Waals surface area contributed by atoms with Crippen LogP contribution >= 0.6 is 43.5 Å². The zero-order valence-corrected chi connectivity index (χ0v) is 17.6. The van der Waals surface area contributed by atoms with Gasteiger partial charge in [0.15, 0.2) is 11.5 Å². The summed E-state index contributed by atoms with van der Waals surface area (Å²) in [5, 5.41) is 4.05. The summed E-state index contributed by atoms with van der Waals surface area (Å²) in [4.78, 5) is 0. The first-order chi connectivity index (χ1) is 11.5. The van der Waals surface area contributed by atoms with Crippen molar-refractivity contribution >= 4 is 49.1 Å². The van der Waals surface area contributed by atoms with E-state index < -0.39 is 0 Å². The largest absolute Gasteiger partial charge is 0.490 e. The number of benzene rings is 2. The topological polar surface area (TPSA) is 30.5 Å². The van der Waals surface area contributed by atoms with E-state index in [1.54, 1.807) is 0 Å². The van der Waals surface area contributed by atoms with Gasteiger partial charge in [0.2, 0.25) is 0 Å². The van der Waals surface area contributed by atoms with Crippen LogP contribution in [0.25, 0.3) is 0 Å². The summed E-state index contributed by atoms with van der Waals surface area (Å²) in [5.41, 5.74) is 2.04. The van der Waals surface area contributed by atoms with Crippen molar-refractivity contribution in [3.05, 3.63) is 49.9 Å². The summed E-state index contributed by atoms with van der Waals surface area (Å²) in [5.74, 6) is 1.53. The Morgan fingerprint density at radius 2 is 1.75 bits per heavy atom. The Bertz CT molecular complexity index is 695. The molecule has 0 spiro atoms. The van der Waals surface area contributed by atoms with Gasteiger partial charge in [0.05, 0.1) is 18.2 Å². The van der Waals surface area contributed by atoms with Gasteiger partial charge >= 0.3 is 0 Å². The zero-order chi connectivity index (χ0) is 17.5. The number of hydrogen-bond acceptors (Lipinski definition) is 3. The van der Waals surface area contributed by atoms with Crippen LogP contribution in [0.3, 0.4) is 0 Å². The van der Waals surface area contributed by atoms with Gasteiger partial charge in [0.25, 0.3) is 0 Å². The third-order valence-electron chi connectivity index (χ3n) is 3.28. The minimum atomic E-state index is 0.597. The van der Waals surface area contributed by atoms with Crippen LogP contribution in [-0.2, 0) is 6.54 Å². The number of ether oxygens (including phenoxy) is 2. The highest BCUT2D eigenvalue weighted by Crippen LogP contribution is 2.34. The Hall–Kier alpha value is -0.910. The van der Waals surface area contributed by atoms with Crippen molar-refractivity contribution < 1.29 is 9.47 Å². The quantitative estimate of drug-likeness (QED) is 0.461. The fourth-order valence-electron chi connectivity index (χ4n) is 2.11. The molecule has 0 atom stereocenters. The third kappa shape index (κ3) is 5.30. The normalized spacial score (nSPS) is 10.5. The lowest BCUT2D eigenvalue weighted by Crippen LogP contribution is -2.04. The maximum absolute atomic E-state index is 6.13. The second kappa shape index (κ2) is 9.54. The smallest absolute Gasteiger partial charge is 0.162 e. The number of rotatable bonds is 8. The fraction of sp³-hybridized carbons (Fsp3) is 0.333. The molecule has 3 nitrogen and oxygen atoms in total. The molecule has 2 aromatic rings. The van der Waals surface area contributed by atoms with Gasteiger partial charge in [-0.1, -0.05) is 34.5 Å². The molecule has 0 aliphatic rings. The van der Waals surface area contributed by atoms with Crippen LogP contribution in [0.5, 0.6) is 11.5 Å². The molecule has 0 aromatic heterocycles. The molecule has 0 aliphatic carbocycles. The maximum atomic E-state index is 6.13. The van der Waals surface area contributed by atoms with Crippen molar-refractivity contribution in [1.29, 1.82) is 0 Å². The predicted octanol–water partition coefficient (Wildman–Crippen LogP) is 6.66. The SMILES string of the molecule is CCCOc1cc(Br)c(CNc2ccc(Br)c(Cl)c2)cc1OCC. The number of anilines is 1. The van der Waals surface area contributed by atoms with E-state index in [0.717, 1.165) is 38.1 Å². The first kappa shape index (κ1) is 19.4. The molecule has 0 bridgehead atoms. The molecule has 6 heteroatoms. The van der Waals surface area contributed by atoms with E-state index in [0.29, 0.717) is 24.8 Å². The van der Waals surface area contributed by atoms with E-state index in [-0.39, 0.29) is 0 Å². The van der Waals surface area contributed by atoms with E-state index in [2.05, 4.69) is 44.1 Å². The lowest BCUT2D eigenvalue weighted by molar-refractivity contribution is 0.276. The second-order valence-electron chi connectivity index (χ2n) is 5.15. The molecule has 130 valence electrons. The Morgan fingerprint density at radius 1 is 1.00 bits per heavy atom. The predicted molar refractivity (Wildman–Crippen MR) is 108 cm³/mol. The first-order valence-corrected chi connectivity index (χ1v) is 9.78. The lowest BCUT2D eigenvalue weighted by Gasteiger charge is -2.15. The number of nitrogens with one attached hydrogen (secondary N) is 1. The van der Waals surface area contributed by atoms with Crippen LogP contribution in [0.2, 0.25) is 5.02 Å². The lowest BCUT2D eigenvalue weighted by atomic mass is 10.2. The summed E-state index contributed by atoms with van der Waals surface area (Å²) in [6.07, 6.45) is 0.955. The molecule has 2 aromatic carbocycles. The molecule has 0 unspecified atom stereocenters. The van der Waals surface area contributed by atoms with Crippen molar-refractivity contribution in [2.24, 2.45) is 0 Å². The molecule has 0 saturated carbocycles. The number of hydrogen-bond donors (Lipinski definition) is 1. The summed E-state index contributed by atoms with van der Waals surface area (Å²) in [6.45, 7) is 5.96. The van der Waals surface area contributed by atoms with Gasteiger partial charge in [-0.25, -0.2) is 0 Å². The minimum absolute atomic E-state index is 0.597. The van der Waals surface area contributed by atoms with Gasteiger partial charge in [-0.05, 0) is 65.2 Å². The fourth-order valence-corrected chi connectivity index (χ4v) is 3.00. The third-order valence-corrected chi connectivity index (χ3v) is 5.25. The van der Waals surface area contributed by atoms with Gasteiger partial charge in [0, 0.05) is 21.2 Å². The van der Waals surface area contributed by atoms with Crippen LogP contribution in [0.15, 0.2) is 39.3 Å². The average molecular weight is 478 g/mol. The molecule has 0 fully saturated rings. The maximum Gasteiger partial charge on any atom is 0.162 e. The number of halogens is 3. The zero-order valence-electron chi connectivity index (χ0n) is 13.7. The molecule has 0 saturated heterocycles. The Labute approximate surface area is 164 Å². The van der Waals surface area contributed by atoms with Crippen LogP contribution in [0, 0.1) is 0 Å². The van der Waals surface area contributed by atoms with E-state index in [1.165, 1.54) is 0 Å². The van der Waals surface area contributed by atoms with Crippen molar-refractivity contribution in [2.75, 3.05) is 18.5 Å². The minimum Gasteiger partial charge on any atom is -0.490 e. The van der Waals surface area contributed by atoms with Crippen molar-refractivity contribution in [2.45, 2.75) is 26.8 Å². The van der Waals surface area contributed by atoms with Crippen LogP contribution in [0.1, 0.15) is 25.8 Å². The van der Waals surface area contributed by atoms with Crippen LogP contribution < -0.4 is 14.8 Å². The average Bonchev–Trinajstić information content (AvgIpc) is 2.56. The summed E-state index contributed by atoms with van der Waals surface area (Å²) < 4.78 is 13.3. The molecule has 0 heterocycles. The Balaban J connectivity index is 2.16.